The van der Waals surface area contributed by atoms with Crippen molar-refractivity contribution in [3.63, 3.8) is 0 Å². The zero-order chi connectivity index (χ0) is 27.6. The Bertz CT molecular complexity index is 1700. The highest BCUT2D eigenvalue weighted by Gasteiger charge is 2.20. The normalized spacial score (nSPS) is 15.5. The van der Waals surface area contributed by atoms with Crippen LogP contribution in [0.3, 0.4) is 0 Å². The Balaban J connectivity index is 1.39. The summed E-state index contributed by atoms with van der Waals surface area (Å²) in [5, 5.41) is 11.0. The average Bonchev–Trinajstić information content (AvgIpc) is 3.39. The molecule has 0 aliphatic carbocycles. The number of carbonyl (C=O) groups is 1. The van der Waals surface area contributed by atoms with Crippen LogP contribution < -0.4 is 5.32 Å². The van der Waals surface area contributed by atoms with Crippen LogP contribution in [-0.2, 0) is 4.79 Å². The van der Waals surface area contributed by atoms with Gasteiger partial charge in [0.25, 0.3) is 0 Å². The molecule has 0 radical (unpaired) electrons. The molecule has 2 aromatic heterocycles. The van der Waals surface area contributed by atoms with E-state index >= 15 is 0 Å². The van der Waals surface area contributed by atoms with Crippen LogP contribution >= 0.6 is 11.6 Å². The molecule has 1 aliphatic rings. The van der Waals surface area contributed by atoms with Crippen molar-refractivity contribution in [2.75, 3.05) is 5.32 Å². The summed E-state index contributed by atoms with van der Waals surface area (Å²) in [7, 11) is 0. The standard InChI is InChI=1S/C31H24ClF2N5O/c32-30-18-39(38-37-30)29-13-10-23(34)16-26(29)21-8-11-27(35-17-21)24-6-1-2-7-31(40)36-28-12-9-22(33)15-25(28)20-5-3-4-19(24)14-20/h3-5,8-18,24H,1-2,6-7H2,(H,36,40). The number of anilines is 1. The highest BCUT2D eigenvalue weighted by atomic mass is 35.5. The van der Waals surface area contributed by atoms with E-state index in [0.29, 0.717) is 40.9 Å². The second kappa shape index (κ2) is 11.0. The van der Waals surface area contributed by atoms with E-state index in [9.17, 15) is 13.6 Å². The maximum Gasteiger partial charge on any atom is 0.224 e. The number of benzene rings is 3. The summed E-state index contributed by atoms with van der Waals surface area (Å²) in [5.41, 5.74) is 5.86. The molecule has 1 amide bonds. The average molecular weight is 556 g/mol. The molecule has 1 unspecified atom stereocenters. The molecule has 0 saturated heterocycles. The summed E-state index contributed by atoms with van der Waals surface area (Å²) in [4.78, 5) is 17.4. The lowest BCUT2D eigenvalue weighted by Crippen LogP contribution is -2.13. The minimum atomic E-state index is -0.383. The van der Waals surface area contributed by atoms with Crippen molar-refractivity contribution in [3.8, 4) is 27.9 Å². The molecule has 40 heavy (non-hydrogen) atoms. The van der Waals surface area contributed by atoms with Gasteiger partial charge in [0, 0.05) is 46.6 Å². The molecule has 5 aromatic rings. The molecule has 200 valence electrons. The van der Waals surface area contributed by atoms with Crippen LogP contribution in [0.5, 0.6) is 0 Å². The number of carbonyl (C=O) groups excluding carboxylic acids is 1. The Morgan fingerprint density at radius 1 is 0.900 bits per heavy atom. The van der Waals surface area contributed by atoms with Crippen LogP contribution in [0.4, 0.5) is 14.5 Å². The molecular weight excluding hydrogens is 532 g/mol. The molecule has 9 heteroatoms. The molecule has 6 rings (SSSR count). The van der Waals surface area contributed by atoms with Crippen molar-refractivity contribution in [1.82, 2.24) is 20.0 Å². The lowest BCUT2D eigenvalue weighted by molar-refractivity contribution is -0.116. The van der Waals surface area contributed by atoms with Gasteiger partial charge in [-0.15, -0.1) is 5.10 Å². The first-order chi connectivity index (χ1) is 19.4. The number of pyridine rings is 1. The van der Waals surface area contributed by atoms with Gasteiger partial charge in [-0.1, -0.05) is 53.6 Å². The molecule has 6 nitrogen and oxygen atoms in total. The van der Waals surface area contributed by atoms with E-state index in [1.165, 1.54) is 28.9 Å². The number of nitrogens with one attached hydrogen (secondary N) is 1. The molecule has 1 N–H and O–H groups in total. The van der Waals surface area contributed by atoms with Gasteiger partial charge in [0.15, 0.2) is 5.15 Å². The molecule has 2 bridgehead atoms. The van der Waals surface area contributed by atoms with Gasteiger partial charge in [-0.05, 0) is 66.4 Å². The molecule has 0 saturated carbocycles. The number of aromatic nitrogens is 4. The highest BCUT2D eigenvalue weighted by Crippen LogP contribution is 2.36. The van der Waals surface area contributed by atoms with Crippen LogP contribution in [0, 0.1) is 11.6 Å². The number of hydrogen-bond donors (Lipinski definition) is 1. The van der Waals surface area contributed by atoms with Gasteiger partial charge in [-0.25, -0.2) is 13.5 Å². The maximum atomic E-state index is 14.3. The number of halogens is 3. The lowest BCUT2D eigenvalue weighted by Gasteiger charge is -2.20. The van der Waals surface area contributed by atoms with Gasteiger partial charge in [-0.2, -0.15) is 0 Å². The van der Waals surface area contributed by atoms with Crippen LogP contribution in [-0.4, -0.2) is 25.9 Å². The van der Waals surface area contributed by atoms with Gasteiger partial charge in [-0.3, -0.25) is 9.78 Å². The summed E-state index contributed by atoms with van der Waals surface area (Å²) < 4.78 is 30.0. The summed E-state index contributed by atoms with van der Waals surface area (Å²) in [6.45, 7) is 0. The fourth-order valence-corrected chi connectivity index (χ4v) is 5.32. The second-order valence-corrected chi connectivity index (χ2v) is 10.2. The largest absolute Gasteiger partial charge is 0.326 e. The first kappa shape index (κ1) is 25.8. The van der Waals surface area contributed by atoms with Gasteiger partial charge in [0.05, 0.1) is 11.9 Å². The van der Waals surface area contributed by atoms with Gasteiger partial charge < -0.3 is 5.32 Å². The van der Waals surface area contributed by atoms with Crippen molar-refractivity contribution < 1.29 is 13.6 Å². The fourth-order valence-electron chi connectivity index (χ4n) is 5.19. The van der Waals surface area contributed by atoms with Crippen molar-refractivity contribution in [2.24, 2.45) is 0 Å². The minimum absolute atomic E-state index is 0.0467. The smallest absolute Gasteiger partial charge is 0.224 e. The number of hydrogen-bond acceptors (Lipinski definition) is 4. The predicted molar refractivity (Wildman–Crippen MR) is 150 cm³/mol. The first-order valence-corrected chi connectivity index (χ1v) is 13.4. The molecule has 3 aromatic carbocycles. The Labute approximate surface area is 234 Å². The summed E-state index contributed by atoms with van der Waals surface area (Å²) in [6, 6.07) is 20.6. The van der Waals surface area contributed by atoms with E-state index in [0.717, 1.165) is 29.7 Å². The highest BCUT2D eigenvalue weighted by molar-refractivity contribution is 6.29. The first-order valence-electron chi connectivity index (χ1n) is 13.0. The summed E-state index contributed by atoms with van der Waals surface area (Å²) in [5.74, 6) is -0.895. The van der Waals surface area contributed by atoms with E-state index in [1.807, 2.05) is 36.4 Å². The van der Waals surface area contributed by atoms with Crippen LogP contribution in [0.15, 0.2) is 85.2 Å². The third-order valence-corrected chi connectivity index (χ3v) is 7.30. The van der Waals surface area contributed by atoms with Gasteiger partial charge in [0.1, 0.15) is 11.6 Å². The van der Waals surface area contributed by atoms with Gasteiger partial charge in [0.2, 0.25) is 5.91 Å². The lowest BCUT2D eigenvalue weighted by atomic mass is 9.87. The number of fused-ring (bicyclic) bond motifs is 4. The minimum Gasteiger partial charge on any atom is -0.326 e. The van der Waals surface area contributed by atoms with E-state index in [2.05, 4.69) is 15.6 Å². The van der Waals surface area contributed by atoms with E-state index in [-0.39, 0.29) is 28.6 Å². The maximum absolute atomic E-state index is 14.3. The summed E-state index contributed by atoms with van der Waals surface area (Å²) >= 11 is 5.96. The quantitative estimate of drug-likeness (QED) is 0.249. The molecule has 1 atom stereocenters. The van der Waals surface area contributed by atoms with Gasteiger partial charge >= 0.3 is 0 Å². The Morgan fingerprint density at radius 3 is 2.50 bits per heavy atom. The van der Waals surface area contributed by atoms with Crippen LogP contribution in [0.1, 0.15) is 42.9 Å². The van der Waals surface area contributed by atoms with Crippen molar-refractivity contribution in [3.05, 3.63) is 113 Å². The number of rotatable bonds is 3. The second-order valence-electron chi connectivity index (χ2n) is 9.78. The Kier molecular flexibility index (Phi) is 7.09. The van der Waals surface area contributed by atoms with Crippen LogP contribution in [0.2, 0.25) is 5.15 Å². The Morgan fingerprint density at radius 2 is 1.73 bits per heavy atom. The van der Waals surface area contributed by atoms with Crippen molar-refractivity contribution in [1.29, 1.82) is 0 Å². The van der Waals surface area contributed by atoms with E-state index < -0.39 is 0 Å². The third-order valence-electron chi connectivity index (χ3n) is 7.13. The van der Waals surface area contributed by atoms with Crippen molar-refractivity contribution >= 4 is 23.2 Å². The zero-order valence-electron chi connectivity index (χ0n) is 21.3. The Hall–Kier alpha value is -4.43. The van der Waals surface area contributed by atoms with Crippen molar-refractivity contribution in [2.45, 2.75) is 31.6 Å². The number of amides is 1. The topological polar surface area (TPSA) is 72.7 Å². The van der Waals surface area contributed by atoms with E-state index in [4.69, 9.17) is 16.6 Å². The molecule has 3 heterocycles. The molecular formula is C31H24ClF2N5O. The van der Waals surface area contributed by atoms with E-state index in [1.54, 1.807) is 24.5 Å². The molecule has 0 fully saturated rings. The predicted octanol–water partition coefficient (Wildman–Crippen LogP) is 7.57. The van der Waals surface area contributed by atoms with Crippen LogP contribution in [0.25, 0.3) is 27.9 Å². The SMILES string of the molecule is O=C1CCCCC(c2ccc(-c3cc(F)ccc3-n3cc(Cl)nn3)cn2)c2cccc(c2)-c2cc(F)ccc2N1. The summed E-state index contributed by atoms with van der Waals surface area (Å²) in [6.07, 6.45) is 5.97. The monoisotopic (exact) mass is 555 g/mol. The molecule has 1 aliphatic heterocycles. The zero-order valence-corrected chi connectivity index (χ0v) is 22.1. The molecule has 0 spiro atoms. The number of nitrogens with zero attached hydrogens (tertiary/aromatic N) is 4. The fraction of sp³-hybridized carbons (Fsp3) is 0.161. The third kappa shape index (κ3) is 5.35.